The Morgan fingerprint density at radius 1 is 1.38 bits per heavy atom. The van der Waals surface area contributed by atoms with Gasteiger partial charge in [0, 0.05) is 23.7 Å². The van der Waals surface area contributed by atoms with Crippen molar-refractivity contribution in [2.24, 2.45) is 0 Å². The number of thiazole rings is 1. The second-order valence-electron chi connectivity index (χ2n) is 5.23. The van der Waals surface area contributed by atoms with Crippen LogP contribution in [0.3, 0.4) is 0 Å². The van der Waals surface area contributed by atoms with Crippen LogP contribution in [0.1, 0.15) is 0 Å². The van der Waals surface area contributed by atoms with E-state index < -0.39 is 0 Å². The lowest BCUT2D eigenvalue weighted by Crippen LogP contribution is -2.14. The zero-order valence-electron chi connectivity index (χ0n) is 14.2. The number of hydrogen-bond acceptors (Lipinski definition) is 6. The highest BCUT2D eigenvalue weighted by atomic mass is 32.2. The number of ether oxygens (including phenoxy) is 1. The minimum atomic E-state index is -0.107. The molecular formula is C18H18N4O2S2. The number of imidazole rings is 1. The molecule has 8 heteroatoms. The maximum atomic E-state index is 12.1. The Morgan fingerprint density at radius 3 is 2.85 bits per heavy atom. The number of anilines is 1. The number of hydrogen-bond donors (Lipinski definition) is 1. The van der Waals surface area contributed by atoms with Gasteiger partial charge >= 0.3 is 0 Å². The van der Waals surface area contributed by atoms with Crippen molar-refractivity contribution >= 4 is 34.1 Å². The number of benzene rings is 1. The molecule has 3 aromatic rings. The predicted octanol–water partition coefficient (Wildman–Crippen LogP) is 3.93. The number of methoxy groups -OCH3 is 1. The summed E-state index contributed by atoms with van der Waals surface area (Å²) in [5.41, 5.74) is 2.00. The summed E-state index contributed by atoms with van der Waals surface area (Å²) in [6.07, 6.45) is 5.28. The van der Waals surface area contributed by atoms with Crippen LogP contribution < -0.4 is 10.1 Å². The van der Waals surface area contributed by atoms with Gasteiger partial charge in [-0.25, -0.2) is 9.97 Å². The Balaban J connectivity index is 1.73. The number of rotatable bonds is 8. The van der Waals surface area contributed by atoms with Crippen molar-refractivity contribution in [3.05, 3.63) is 54.7 Å². The molecule has 0 aliphatic heterocycles. The maximum Gasteiger partial charge on any atom is 0.236 e. The van der Waals surface area contributed by atoms with Crippen LogP contribution in [-0.4, -0.2) is 33.3 Å². The number of allylic oxidation sites excluding steroid dienone is 1. The van der Waals surface area contributed by atoms with Gasteiger partial charge in [-0.05, 0) is 24.3 Å². The third-order valence-corrected chi connectivity index (χ3v) is 5.21. The normalized spacial score (nSPS) is 10.5. The fourth-order valence-electron chi connectivity index (χ4n) is 2.34. The first-order chi connectivity index (χ1) is 12.7. The molecule has 0 atom stereocenters. The molecule has 0 aliphatic carbocycles. The predicted molar refractivity (Wildman–Crippen MR) is 106 cm³/mol. The first-order valence-corrected chi connectivity index (χ1v) is 9.70. The molecule has 0 radical (unpaired) electrons. The minimum Gasteiger partial charge on any atom is -0.497 e. The van der Waals surface area contributed by atoms with Crippen molar-refractivity contribution < 1.29 is 9.53 Å². The highest BCUT2D eigenvalue weighted by molar-refractivity contribution is 7.99. The molecule has 1 amide bonds. The van der Waals surface area contributed by atoms with Crippen LogP contribution in [0.5, 0.6) is 5.75 Å². The number of aromatic nitrogens is 3. The van der Waals surface area contributed by atoms with Crippen LogP contribution in [0.15, 0.2) is 59.9 Å². The number of amides is 1. The molecule has 0 bridgehead atoms. The van der Waals surface area contributed by atoms with E-state index >= 15 is 0 Å². The number of thioether (sulfide) groups is 1. The van der Waals surface area contributed by atoms with Gasteiger partial charge in [0.2, 0.25) is 5.91 Å². The second kappa shape index (κ2) is 8.68. The number of nitrogens with one attached hydrogen (secondary N) is 1. The van der Waals surface area contributed by atoms with E-state index in [1.165, 1.54) is 23.1 Å². The standard InChI is InChI=1S/C18H18N4O2S2/c1-3-9-22-15(13-4-6-14(24-2)7-5-13)11-20-18(22)26-12-16(23)21-17-19-8-10-25-17/h3-8,10-11H,1,9,12H2,2H3,(H,19,21,23). The molecular weight excluding hydrogens is 368 g/mol. The van der Waals surface area contributed by atoms with Gasteiger partial charge in [0.1, 0.15) is 5.75 Å². The summed E-state index contributed by atoms with van der Waals surface area (Å²) in [6, 6.07) is 7.79. The average molecular weight is 387 g/mol. The number of nitrogens with zero attached hydrogens (tertiary/aromatic N) is 3. The molecule has 0 saturated heterocycles. The van der Waals surface area contributed by atoms with Gasteiger partial charge in [0.15, 0.2) is 10.3 Å². The molecule has 1 aromatic carbocycles. The monoisotopic (exact) mass is 386 g/mol. The Kier molecular flexibility index (Phi) is 6.08. The SMILES string of the molecule is C=CCn1c(-c2ccc(OC)cc2)cnc1SCC(=O)Nc1nccs1. The van der Waals surface area contributed by atoms with Crippen molar-refractivity contribution in [1.29, 1.82) is 0 Å². The third-order valence-electron chi connectivity index (χ3n) is 3.53. The largest absolute Gasteiger partial charge is 0.497 e. The molecule has 0 saturated carbocycles. The highest BCUT2D eigenvalue weighted by Crippen LogP contribution is 2.27. The lowest BCUT2D eigenvalue weighted by molar-refractivity contribution is -0.113. The molecule has 1 N–H and O–H groups in total. The van der Waals surface area contributed by atoms with E-state index in [-0.39, 0.29) is 11.7 Å². The zero-order chi connectivity index (χ0) is 18.4. The van der Waals surface area contributed by atoms with Crippen molar-refractivity contribution in [2.45, 2.75) is 11.7 Å². The van der Waals surface area contributed by atoms with Gasteiger partial charge < -0.3 is 14.6 Å². The van der Waals surface area contributed by atoms with Crippen LogP contribution in [0.25, 0.3) is 11.3 Å². The van der Waals surface area contributed by atoms with E-state index in [9.17, 15) is 4.79 Å². The summed E-state index contributed by atoms with van der Waals surface area (Å²) in [7, 11) is 1.64. The smallest absolute Gasteiger partial charge is 0.236 e. The molecule has 2 aromatic heterocycles. The van der Waals surface area contributed by atoms with Gasteiger partial charge in [0.05, 0.1) is 24.8 Å². The number of carbonyl (C=O) groups excluding carboxylic acids is 1. The van der Waals surface area contributed by atoms with Gasteiger partial charge in [-0.1, -0.05) is 17.8 Å². The van der Waals surface area contributed by atoms with E-state index in [0.29, 0.717) is 11.7 Å². The van der Waals surface area contributed by atoms with Crippen molar-refractivity contribution in [3.63, 3.8) is 0 Å². The van der Waals surface area contributed by atoms with Gasteiger partial charge in [-0.3, -0.25) is 4.79 Å². The Bertz CT molecular complexity index is 873. The lowest BCUT2D eigenvalue weighted by atomic mass is 10.1. The van der Waals surface area contributed by atoms with Gasteiger partial charge in [0.25, 0.3) is 0 Å². The summed E-state index contributed by atoms with van der Waals surface area (Å²) < 4.78 is 7.24. The van der Waals surface area contributed by atoms with E-state index in [1.807, 2.05) is 46.5 Å². The van der Waals surface area contributed by atoms with Crippen LogP contribution in [0, 0.1) is 0 Å². The van der Waals surface area contributed by atoms with E-state index in [0.717, 1.165) is 22.2 Å². The Hall–Kier alpha value is -2.58. The molecule has 26 heavy (non-hydrogen) atoms. The van der Waals surface area contributed by atoms with Gasteiger partial charge in [-0.2, -0.15) is 0 Å². The van der Waals surface area contributed by atoms with E-state index in [1.54, 1.807) is 13.3 Å². The molecule has 134 valence electrons. The Labute approximate surface area is 159 Å². The van der Waals surface area contributed by atoms with Crippen LogP contribution in [0.2, 0.25) is 0 Å². The summed E-state index contributed by atoms with van der Waals surface area (Å²) in [5.74, 6) is 0.955. The quantitative estimate of drug-likeness (QED) is 0.469. The minimum absolute atomic E-state index is 0.107. The molecule has 3 rings (SSSR count). The van der Waals surface area contributed by atoms with Crippen molar-refractivity contribution in [3.8, 4) is 17.0 Å². The van der Waals surface area contributed by atoms with E-state index in [4.69, 9.17) is 4.74 Å². The number of carbonyl (C=O) groups is 1. The van der Waals surface area contributed by atoms with Crippen LogP contribution >= 0.6 is 23.1 Å². The van der Waals surface area contributed by atoms with Gasteiger partial charge in [-0.15, -0.1) is 17.9 Å². The summed E-state index contributed by atoms with van der Waals surface area (Å²) in [6.45, 7) is 4.43. The summed E-state index contributed by atoms with van der Waals surface area (Å²) in [4.78, 5) is 20.6. The first kappa shape index (κ1) is 18.2. The summed E-state index contributed by atoms with van der Waals surface area (Å²) in [5, 5.41) is 5.96. The topological polar surface area (TPSA) is 69.0 Å². The van der Waals surface area contributed by atoms with E-state index in [2.05, 4.69) is 21.9 Å². The third kappa shape index (κ3) is 4.33. The summed E-state index contributed by atoms with van der Waals surface area (Å²) >= 11 is 2.78. The molecule has 0 unspecified atom stereocenters. The first-order valence-electron chi connectivity index (χ1n) is 7.84. The maximum absolute atomic E-state index is 12.1. The molecule has 0 aliphatic rings. The second-order valence-corrected chi connectivity index (χ2v) is 7.06. The highest BCUT2D eigenvalue weighted by Gasteiger charge is 2.13. The van der Waals surface area contributed by atoms with Crippen LogP contribution in [0.4, 0.5) is 5.13 Å². The van der Waals surface area contributed by atoms with Crippen molar-refractivity contribution in [1.82, 2.24) is 14.5 Å². The average Bonchev–Trinajstić information content (AvgIpc) is 3.30. The Morgan fingerprint density at radius 2 is 2.19 bits per heavy atom. The molecule has 2 heterocycles. The fourth-order valence-corrected chi connectivity index (χ4v) is 3.68. The molecule has 0 fully saturated rings. The van der Waals surface area contributed by atoms with Crippen LogP contribution in [-0.2, 0) is 11.3 Å². The molecule has 0 spiro atoms. The van der Waals surface area contributed by atoms with Crippen molar-refractivity contribution in [2.75, 3.05) is 18.2 Å². The fraction of sp³-hybridized carbons (Fsp3) is 0.167. The zero-order valence-corrected chi connectivity index (χ0v) is 15.8. The molecule has 6 nitrogen and oxygen atoms in total. The lowest BCUT2D eigenvalue weighted by Gasteiger charge is -2.10.